The van der Waals surface area contributed by atoms with Crippen LogP contribution in [-0.4, -0.2) is 22.1 Å². The maximum atomic E-state index is 10.9. The molecule has 1 aliphatic rings. The van der Waals surface area contributed by atoms with Crippen LogP contribution in [0.25, 0.3) is 0 Å². The molecule has 0 atom stereocenters. The molecular formula is C7H10N4O. The molecule has 5 nitrogen and oxygen atoms in total. The predicted octanol–water partition coefficient (Wildman–Crippen LogP) is -0.528. The summed E-state index contributed by atoms with van der Waals surface area (Å²) in [5, 5.41) is 0. The lowest BCUT2D eigenvalue weighted by Crippen LogP contribution is -2.29. The van der Waals surface area contributed by atoms with Gasteiger partial charge in [-0.15, -0.1) is 0 Å². The van der Waals surface area contributed by atoms with Gasteiger partial charge in [-0.05, 0) is 6.42 Å². The van der Waals surface area contributed by atoms with Crippen molar-refractivity contribution >= 4 is 5.91 Å². The summed E-state index contributed by atoms with van der Waals surface area (Å²) in [5.74, 6) is 0.443. The zero-order valence-electron chi connectivity index (χ0n) is 6.58. The number of carbonyl (C=O) groups excluding carboxylic acids is 1. The second kappa shape index (κ2) is 2.51. The lowest BCUT2D eigenvalue weighted by atomic mass is 10.3. The number of carbonyl (C=O) groups is 1. The number of rotatable bonds is 1. The van der Waals surface area contributed by atoms with Gasteiger partial charge in [0.15, 0.2) is 0 Å². The number of amides is 1. The Bertz CT molecular complexity index is 317. The zero-order chi connectivity index (χ0) is 8.55. The van der Waals surface area contributed by atoms with Crippen LogP contribution in [-0.2, 0) is 6.42 Å². The van der Waals surface area contributed by atoms with Gasteiger partial charge in [0.25, 0.3) is 5.91 Å². The van der Waals surface area contributed by atoms with Crippen LogP contribution >= 0.6 is 0 Å². The van der Waals surface area contributed by atoms with E-state index in [4.69, 9.17) is 5.73 Å². The molecule has 1 aromatic heterocycles. The van der Waals surface area contributed by atoms with Crippen LogP contribution in [0.5, 0.6) is 0 Å². The van der Waals surface area contributed by atoms with Gasteiger partial charge >= 0.3 is 0 Å². The minimum atomic E-state index is -0.442. The van der Waals surface area contributed by atoms with E-state index in [9.17, 15) is 4.79 Å². The van der Waals surface area contributed by atoms with Gasteiger partial charge in [-0.2, -0.15) is 0 Å². The van der Waals surface area contributed by atoms with Gasteiger partial charge in [0, 0.05) is 13.0 Å². The largest absolute Gasteiger partial charge is 0.364 e. The average Bonchev–Trinajstić information content (AvgIpc) is 2.47. The number of aromatic nitrogens is 2. The fourth-order valence-electron chi connectivity index (χ4n) is 1.35. The number of nitrogens with zero attached hydrogens (tertiary/aromatic N) is 2. The molecular weight excluding hydrogens is 156 g/mol. The van der Waals surface area contributed by atoms with Gasteiger partial charge < -0.3 is 11.2 Å². The molecule has 0 unspecified atom stereocenters. The first-order chi connectivity index (χ1) is 5.79. The molecule has 0 fully saturated rings. The molecule has 5 heteroatoms. The number of imidazole rings is 1. The minimum Gasteiger partial charge on any atom is -0.364 e. The average molecular weight is 166 g/mol. The van der Waals surface area contributed by atoms with Crippen molar-refractivity contribution in [2.45, 2.75) is 12.8 Å². The molecule has 0 aromatic carbocycles. The van der Waals surface area contributed by atoms with Crippen LogP contribution in [0.4, 0.5) is 0 Å². The van der Waals surface area contributed by atoms with Crippen LogP contribution < -0.4 is 11.2 Å². The van der Waals surface area contributed by atoms with Crippen molar-refractivity contribution < 1.29 is 4.79 Å². The molecule has 0 radical (unpaired) electrons. The lowest BCUT2D eigenvalue weighted by molar-refractivity contribution is 0.0992. The molecule has 0 bridgehead atoms. The molecule has 1 amide bonds. The first-order valence-corrected chi connectivity index (χ1v) is 3.89. The number of nitrogens with one attached hydrogen (secondary N) is 1. The van der Waals surface area contributed by atoms with Crippen LogP contribution in [0.3, 0.4) is 0 Å². The van der Waals surface area contributed by atoms with Gasteiger partial charge in [-0.1, -0.05) is 0 Å². The van der Waals surface area contributed by atoms with E-state index in [0.717, 1.165) is 25.2 Å². The van der Waals surface area contributed by atoms with E-state index in [0.29, 0.717) is 5.69 Å². The van der Waals surface area contributed by atoms with E-state index in [1.165, 1.54) is 6.20 Å². The van der Waals surface area contributed by atoms with Crippen molar-refractivity contribution in [2.75, 3.05) is 12.0 Å². The van der Waals surface area contributed by atoms with Crippen LogP contribution in [0.2, 0.25) is 0 Å². The lowest BCUT2D eigenvalue weighted by Gasteiger charge is -2.17. The molecule has 12 heavy (non-hydrogen) atoms. The van der Waals surface area contributed by atoms with E-state index >= 15 is 0 Å². The first-order valence-electron chi connectivity index (χ1n) is 3.89. The molecule has 0 saturated carbocycles. The zero-order valence-corrected chi connectivity index (χ0v) is 6.58. The normalized spacial score (nSPS) is 15.0. The molecule has 2 rings (SSSR count). The Labute approximate surface area is 69.5 Å². The summed E-state index contributed by atoms with van der Waals surface area (Å²) in [4.78, 5) is 14.9. The summed E-state index contributed by atoms with van der Waals surface area (Å²) in [5.41, 5.74) is 8.62. The van der Waals surface area contributed by atoms with Gasteiger partial charge in [0.05, 0.1) is 6.20 Å². The summed E-state index contributed by atoms with van der Waals surface area (Å²) in [6.45, 7) is 0.865. The Kier molecular flexibility index (Phi) is 1.49. The van der Waals surface area contributed by atoms with E-state index in [-0.39, 0.29) is 0 Å². The third kappa shape index (κ3) is 0.939. The number of nitrogens with two attached hydrogens (primary N) is 1. The van der Waals surface area contributed by atoms with Crippen molar-refractivity contribution in [3.05, 3.63) is 17.7 Å². The summed E-state index contributed by atoms with van der Waals surface area (Å²) in [6, 6.07) is 0. The Morgan fingerprint density at radius 1 is 1.75 bits per heavy atom. The smallest absolute Gasteiger partial charge is 0.268 e. The molecule has 1 aliphatic heterocycles. The highest BCUT2D eigenvalue weighted by molar-refractivity contribution is 5.91. The van der Waals surface area contributed by atoms with E-state index in [2.05, 4.69) is 10.4 Å². The van der Waals surface area contributed by atoms with Gasteiger partial charge in [-0.3, -0.25) is 4.79 Å². The molecule has 64 valence electrons. The highest BCUT2D eigenvalue weighted by atomic mass is 16.1. The minimum absolute atomic E-state index is 0.435. The first kappa shape index (κ1) is 7.15. The molecule has 0 aliphatic carbocycles. The van der Waals surface area contributed by atoms with Gasteiger partial charge in [0.1, 0.15) is 11.5 Å². The monoisotopic (exact) mass is 166 g/mol. The Morgan fingerprint density at radius 3 is 3.33 bits per heavy atom. The van der Waals surface area contributed by atoms with Crippen molar-refractivity contribution in [1.82, 2.24) is 9.66 Å². The van der Waals surface area contributed by atoms with Crippen LogP contribution in [0.1, 0.15) is 22.7 Å². The summed E-state index contributed by atoms with van der Waals surface area (Å²) >= 11 is 0. The Morgan fingerprint density at radius 2 is 2.58 bits per heavy atom. The summed E-state index contributed by atoms with van der Waals surface area (Å²) < 4.78 is 1.67. The maximum Gasteiger partial charge on any atom is 0.268 e. The second-order valence-corrected chi connectivity index (χ2v) is 2.77. The van der Waals surface area contributed by atoms with E-state index in [1.807, 2.05) is 0 Å². The highest BCUT2D eigenvalue weighted by Gasteiger charge is 2.16. The SMILES string of the molecule is NC(=O)c1cnc2n1NCCC2. The van der Waals surface area contributed by atoms with Crippen molar-refractivity contribution in [3.63, 3.8) is 0 Å². The van der Waals surface area contributed by atoms with Crippen molar-refractivity contribution in [3.8, 4) is 0 Å². The Balaban J connectivity index is 2.44. The van der Waals surface area contributed by atoms with Gasteiger partial charge in [-0.25, -0.2) is 9.66 Å². The number of hydrogen-bond acceptors (Lipinski definition) is 3. The molecule has 2 heterocycles. The van der Waals surface area contributed by atoms with E-state index in [1.54, 1.807) is 4.68 Å². The second-order valence-electron chi connectivity index (χ2n) is 2.77. The topological polar surface area (TPSA) is 72.9 Å². The molecule has 1 aromatic rings. The highest BCUT2D eigenvalue weighted by Crippen LogP contribution is 2.08. The summed E-state index contributed by atoms with van der Waals surface area (Å²) in [6.07, 6.45) is 3.46. The van der Waals surface area contributed by atoms with Crippen LogP contribution in [0, 0.1) is 0 Å². The third-order valence-electron chi connectivity index (χ3n) is 1.93. The number of fused-ring (bicyclic) bond motifs is 1. The maximum absolute atomic E-state index is 10.9. The van der Waals surface area contributed by atoms with Gasteiger partial charge in [0.2, 0.25) is 0 Å². The number of aryl methyl sites for hydroxylation is 1. The number of hydrogen-bond donors (Lipinski definition) is 2. The fourth-order valence-corrected chi connectivity index (χ4v) is 1.35. The molecule has 0 spiro atoms. The third-order valence-corrected chi connectivity index (χ3v) is 1.93. The van der Waals surface area contributed by atoms with Crippen molar-refractivity contribution in [1.29, 1.82) is 0 Å². The fraction of sp³-hybridized carbons (Fsp3) is 0.429. The standard InChI is InChI=1S/C7H10N4O/c8-7(12)5-4-9-6-2-1-3-10-11(5)6/h4,10H,1-3H2,(H2,8,12). The quantitative estimate of drug-likeness (QED) is 0.589. The summed E-state index contributed by atoms with van der Waals surface area (Å²) in [7, 11) is 0. The predicted molar refractivity (Wildman–Crippen MR) is 43.3 cm³/mol. The van der Waals surface area contributed by atoms with E-state index < -0.39 is 5.91 Å². The Hall–Kier alpha value is -1.52. The number of primary amides is 1. The van der Waals surface area contributed by atoms with Crippen molar-refractivity contribution in [2.24, 2.45) is 5.73 Å². The molecule has 0 saturated heterocycles. The molecule has 3 N–H and O–H groups in total. The van der Waals surface area contributed by atoms with Crippen LogP contribution in [0.15, 0.2) is 6.20 Å².